The van der Waals surface area contributed by atoms with Gasteiger partial charge in [-0.3, -0.25) is 0 Å². The zero-order valence-corrected chi connectivity index (χ0v) is 35.1. The Morgan fingerprint density at radius 3 is 2.00 bits per heavy atom. The van der Waals surface area contributed by atoms with Crippen LogP contribution < -0.4 is 4.90 Å². The maximum absolute atomic E-state index is 4.97. The van der Waals surface area contributed by atoms with Crippen molar-refractivity contribution < 1.29 is 0 Å². The van der Waals surface area contributed by atoms with Crippen molar-refractivity contribution in [2.75, 3.05) is 4.90 Å². The van der Waals surface area contributed by atoms with Gasteiger partial charge in [0.25, 0.3) is 0 Å². The molecule has 2 heterocycles. The van der Waals surface area contributed by atoms with E-state index in [4.69, 9.17) is 9.97 Å². The van der Waals surface area contributed by atoms with E-state index in [9.17, 15) is 0 Å². The number of unbranched alkanes of at least 4 members (excludes halogenated alkanes) is 3. The molecule has 5 aromatic rings. The first kappa shape index (κ1) is 43.0. The monoisotopic (exact) mass is 734 g/mol. The molecule has 3 heteroatoms. The molecule has 55 heavy (non-hydrogen) atoms. The predicted octanol–water partition coefficient (Wildman–Crippen LogP) is 15.3. The van der Waals surface area contributed by atoms with E-state index < -0.39 is 0 Å². The Morgan fingerprint density at radius 1 is 0.709 bits per heavy atom. The van der Waals surface area contributed by atoms with Crippen LogP contribution in [0.2, 0.25) is 0 Å². The van der Waals surface area contributed by atoms with Gasteiger partial charge < -0.3 is 4.90 Å². The van der Waals surface area contributed by atoms with E-state index in [2.05, 4.69) is 118 Å². The molecule has 0 radical (unpaired) electrons. The number of allylic oxidation sites excluding steroid dienone is 3. The Hall–Kier alpha value is -4.76. The number of anilines is 2. The lowest BCUT2D eigenvalue weighted by Crippen LogP contribution is -2.27. The fourth-order valence-corrected chi connectivity index (χ4v) is 7.38. The summed E-state index contributed by atoms with van der Waals surface area (Å²) in [7, 11) is 0. The number of aryl methyl sites for hydroxylation is 1. The third-order valence-electron chi connectivity index (χ3n) is 10.6. The minimum atomic E-state index is 0.197. The van der Waals surface area contributed by atoms with Crippen LogP contribution in [0, 0.1) is 12.8 Å². The highest BCUT2D eigenvalue weighted by Gasteiger charge is 2.22. The van der Waals surface area contributed by atoms with Crippen molar-refractivity contribution in [1.29, 1.82) is 0 Å². The van der Waals surface area contributed by atoms with Gasteiger partial charge >= 0.3 is 0 Å². The van der Waals surface area contributed by atoms with Gasteiger partial charge in [0.1, 0.15) is 0 Å². The summed E-state index contributed by atoms with van der Waals surface area (Å²) in [5.74, 6) is 1.95. The third kappa shape index (κ3) is 12.6. The van der Waals surface area contributed by atoms with Gasteiger partial charge in [0, 0.05) is 34.2 Å². The molecule has 0 aliphatic carbocycles. The Bertz CT molecular complexity index is 1850. The highest BCUT2D eigenvalue weighted by Crippen LogP contribution is 2.38. The molecule has 0 fully saturated rings. The maximum atomic E-state index is 4.97. The van der Waals surface area contributed by atoms with Crippen molar-refractivity contribution in [3.63, 3.8) is 0 Å². The fraction of sp³-hybridized carbons (Fsp3) is 0.385. The van der Waals surface area contributed by atoms with Crippen molar-refractivity contribution >= 4 is 11.4 Å². The minimum Gasteiger partial charge on any atom is -0.335 e. The van der Waals surface area contributed by atoms with E-state index in [1.54, 1.807) is 0 Å². The smallest absolute Gasteiger partial charge is 0.160 e. The fourth-order valence-electron chi connectivity index (χ4n) is 7.38. The van der Waals surface area contributed by atoms with Crippen molar-refractivity contribution in [3.8, 4) is 22.6 Å². The van der Waals surface area contributed by atoms with Crippen LogP contribution in [0.4, 0.5) is 11.4 Å². The summed E-state index contributed by atoms with van der Waals surface area (Å²) in [5.41, 5.74) is 11.0. The van der Waals surface area contributed by atoms with Gasteiger partial charge in [-0.2, -0.15) is 0 Å². The van der Waals surface area contributed by atoms with Gasteiger partial charge in [0.15, 0.2) is 5.82 Å². The molecular weight excluding hydrogens is 667 g/mol. The van der Waals surface area contributed by atoms with Crippen LogP contribution in [0.5, 0.6) is 0 Å². The number of rotatable bonds is 13. The molecule has 290 valence electrons. The average molecular weight is 734 g/mol. The number of aromatic nitrogens is 2. The van der Waals surface area contributed by atoms with Gasteiger partial charge in [-0.1, -0.05) is 183 Å². The zero-order chi connectivity index (χ0) is 39.4. The predicted molar refractivity (Wildman–Crippen MR) is 240 cm³/mol. The summed E-state index contributed by atoms with van der Waals surface area (Å²) < 4.78 is 0. The molecular formula is C52H67N3. The topological polar surface area (TPSA) is 29.0 Å². The third-order valence-corrected chi connectivity index (χ3v) is 10.6. The first-order valence-electron chi connectivity index (χ1n) is 21.2. The zero-order valence-electron chi connectivity index (χ0n) is 35.1. The molecule has 3 nitrogen and oxygen atoms in total. The van der Waals surface area contributed by atoms with E-state index >= 15 is 0 Å². The second-order valence-electron chi connectivity index (χ2n) is 14.7. The summed E-state index contributed by atoms with van der Waals surface area (Å²) in [5, 5.41) is 0. The molecule has 3 unspecified atom stereocenters. The van der Waals surface area contributed by atoms with Crippen molar-refractivity contribution in [1.82, 2.24) is 9.97 Å². The highest BCUT2D eigenvalue weighted by molar-refractivity contribution is 5.73. The lowest BCUT2D eigenvalue weighted by molar-refractivity contribution is 0.560. The molecule has 6 rings (SSSR count). The van der Waals surface area contributed by atoms with E-state index in [1.165, 1.54) is 79.4 Å². The largest absolute Gasteiger partial charge is 0.335 e. The van der Waals surface area contributed by atoms with Crippen molar-refractivity contribution in [3.05, 3.63) is 156 Å². The first-order chi connectivity index (χ1) is 26.9. The second-order valence-corrected chi connectivity index (χ2v) is 14.7. The summed E-state index contributed by atoms with van der Waals surface area (Å²) >= 11 is 0. The first-order valence-corrected chi connectivity index (χ1v) is 21.2. The molecule has 0 spiro atoms. The summed E-state index contributed by atoms with van der Waals surface area (Å²) in [6.45, 7) is 17.7. The molecule has 1 aliphatic rings. The van der Waals surface area contributed by atoms with E-state index in [1.807, 2.05) is 75.4 Å². The minimum absolute atomic E-state index is 0.197. The van der Waals surface area contributed by atoms with Gasteiger partial charge in [-0.25, -0.2) is 9.97 Å². The van der Waals surface area contributed by atoms with Gasteiger partial charge in [0.05, 0.1) is 5.69 Å². The Morgan fingerprint density at radius 2 is 1.36 bits per heavy atom. The normalized spacial score (nSPS) is 16.3. The van der Waals surface area contributed by atoms with Gasteiger partial charge in [-0.15, -0.1) is 0 Å². The molecule has 1 aliphatic heterocycles. The van der Waals surface area contributed by atoms with Crippen LogP contribution >= 0.6 is 0 Å². The summed E-state index contributed by atoms with van der Waals surface area (Å²) in [4.78, 5) is 12.2. The lowest BCUT2D eigenvalue weighted by atomic mass is 9.88. The average Bonchev–Trinajstić information content (AvgIpc) is 3.30. The SMILES string of the molecule is CC.CCCCCC(C)C1=C/Cc2cc(C(CC)CCCC)ccc2N(c2ccc(-c3cc(C)nc(-c4ccccc4)n3)cc2)C(C)/C=C\1.c1ccccc1. The van der Waals surface area contributed by atoms with Crippen LogP contribution in [0.25, 0.3) is 22.6 Å². The Labute approximate surface area is 334 Å². The lowest BCUT2D eigenvalue weighted by Gasteiger charge is -2.32. The second kappa shape index (κ2) is 23.2. The number of nitrogens with zero attached hydrogens (tertiary/aromatic N) is 3. The van der Waals surface area contributed by atoms with Crippen LogP contribution in [0.15, 0.2) is 139 Å². The molecule has 0 saturated carbocycles. The molecule has 0 bridgehead atoms. The molecule has 0 amide bonds. The number of hydrogen-bond acceptors (Lipinski definition) is 3. The number of fused-ring (bicyclic) bond motifs is 1. The van der Waals surface area contributed by atoms with E-state index in [0.717, 1.165) is 34.8 Å². The summed E-state index contributed by atoms with van der Waals surface area (Å²) in [6.07, 6.45) is 18.4. The van der Waals surface area contributed by atoms with Crippen LogP contribution in [0.1, 0.15) is 123 Å². The molecule has 4 aromatic carbocycles. The summed E-state index contributed by atoms with van der Waals surface area (Å²) in [6, 6.07) is 40.9. The Balaban J connectivity index is 0.000000756. The van der Waals surface area contributed by atoms with Crippen LogP contribution in [-0.2, 0) is 6.42 Å². The van der Waals surface area contributed by atoms with Crippen LogP contribution in [-0.4, -0.2) is 16.0 Å². The van der Waals surface area contributed by atoms with Crippen LogP contribution in [0.3, 0.4) is 0 Å². The number of benzene rings is 4. The van der Waals surface area contributed by atoms with Gasteiger partial charge in [-0.05, 0) is 92.3 Å². The molecule has 1 aromatic heterocycles. The maximum Gasteiger partial charge on any atom is 0.160 e. The molecule has 0 N–H and O–H groups in total. The van der Waals surface area contributed by atoms with E-state index in [-0.39, 0.29) is 6.04 Å². The molecule has 3 atom stereocenters. The quantitative estimate of drug-likeness (QED) is 0.113. The standard InChI is InChI=1S/C44H55N3.C6H6.C2H6/c1-7-10-13-16-32(4)36-21-20-34(6)47(43-29-26-39(31-40(43)23-22-36)35(9-3)17-11-8-2)41-27-24-37(25-28-41)42-30-33(5)45-44(46-42)38-18-14-12-15-19-38;1-2-4-6-5-3-1;1-2/h12,14-15,18-22,24-32,34-35H,7-11,13,16-17,23H2,1-6H3;1-6H;1-2H3/b21-20-,36-22+;;. The van der Waals surface area contributed by atoms with Crippen molar-refractivity contribution in [2.45, 2.75) is 125 Å². The Kier molecular flexibility index (Phi) is 18.1. The number of hydrogen-bond donors (Lipinski definition) is 0. The van der Waals surface area contributed by atoms with E-state index in [0.29, 0.717) is 11.8 Å². The molecule has 0 saturated heterocycles. The van der Waals surface area contributed by atoms with Gasteiger partial charge in [0.2, 0.25) is 0 Å². The van der Waals surface area contributed by atoms with Crippen molar-refractivity contribution in [2.24, 2.45) is 5.92 Å². The highest BCUT2D eigenvalue weighted by atomic mass is 15.2.